The number of hydrogen-bond acceptors (Lipinski definition) is 4. The van der Waals surface area contributed by atoms with Gasteiger partial charge in [-0.3, -0.25) is 4.79 Å². The summed E-state index contributed by atoms with van der Waals surface area (Å²) < 4.78 is 5.39. The molecule has 122 valence electrons. The summed E-state index contributed by atoms with van der Waals surface area (Å²) in [4.78, 5) is 30.3. The Bertz CT molecular complexity index is 945. The average molecular weight is 324 g/mol. The van der Waals surface area contributed by atoms with Gasteiger partial charge in [0, 0.05) is 6.42 Å². The number of aromatic amines is 1. The van der Waals surface area contributed by atoms with E-state index < -0.39 is 5.97 Å². The number of nitrogens with one attached hydrogen (secondary N) is 1. The predicted molar refractivity (Wildman–Crippen MR) is 89.7 cm³/mol. The molecule has 0 aliphatic rings. The van der Waals surface area contributed by atoms with E-state index in [9.17, 15) is 9.59 Å². The minimum atomic E-state index is -1.05. The number of H-pyrrole nitrogens is 1. The molecule has 1 heterocycles. The lowest BCUT2D eigenvalue weighted by molar-refractivity contribution is 0.0697. The van der Waals surface area contributed by atoms with E-state index in [4.69, 9.17) is 9.84 Å². The number of carboxylic acids is 1. The van der Waals surface area contributed by atoms with Crippen molar-refractivity contribution in [3.05, 3.63) is 69.8 Å². The highest BCUT2D eigenvalue weighted by Crippen LogP contribution is 2.15. The van der Waals surface area contributed by atoms with Gasteiger partial charge < -0.3 is 14.8 Å². The van der Waals surface area contributed by atoms with Gasteiger partial charge in [-0.05, 0) is 42.8 Å². The summed E-state index contributed by atoms with van der Waals surface area (Å²) in [5.41, 5.74) is 1.17. The van der Waals surface area contributed by atoms with Gasteiger partial charge in [0.05, 0.1) is 23.1 Å². The lowest BCUT2D eigenvalue weighted by Crippen LogP contribution is -2.13. The Morgan fingerprint density at radius 3 is 2.62 bits per heavy atom. The van der Waals surface area contributed by atoms with Gasteiger partial charge in [-0.2, -0.15) is 0 Å². The highest BCUT2D eigenvalue weighted by molar-refractivity contribution is 5.92. The first-order chi connectivity index (χ1) is 11.6. The number of carbonyl (C=O) groups is 1. The number of benzene rings is 2. The van der Waals surface area contributed by atoms with E-state index in [0.717, 1.165) is 11.3 Å². The fourth-order valence-corrected chi connectivity index (χ4v) is 2.47. The Balaban J connectivity index is 1.94. The van der Waals surface area contributed by atoms with Crippen molar-refractivity contribution in [3.63, 3.8) is 0 Å². The molecular formula is C18H16N2O4. The van der Waals surface area contributed by atoms with Crippen LogP contribution in [0.5, 0.6) is 5.75 Å². The van der Waals surface area contributed by atoms with Crippen LogP contribution in [-0.4, -0.2) is 27.7 Å². The second-order valence-corrected chi connectivity index (χ2v) is 5.30. The molecule has 0 amide bonds. The molecule has 0 fully saturated rings. The highest BCUT2D eigenvalue weighted by atomic mass is 16.5. The number of aromatic nitrogens is 2. The topological polar surface area (TPSA) is 92.3 Å². The van der Waals surface area contributed by atoms with Gasteiger partial charge >= 0.3 is 5.97 Å². The fourth-order valence-electron chi connectivity index (χ4n) is 2.47. The van der Waals surface area contributed by atoms with Crippen molar-refractivity contribution >= 4 is 16.9 Å². The van der Waals surface area contributed by atoms with Crippen LogP contribution < -0.4 is 10.3 Å². The lowest BCUT2D eigenvalue weighted by Gasteiger charge is -2.06. The third-order valence-corrected chi connectivity index (χ3v) is 3.61. The Morgan fingerprint density at radius 1 is 1.21 bits per heavy atom. The monoisotopic (exact) mass is 324 g/mol. The minimum absolute atomic E-state index is 0.104. The molecule has 2 N–H and O–H groups in total. The van der Waals surface area contributed by atoms with Gasteiger partial charge in [-0.25, -0.2) is 9.78 Å². The Hall–Kier alpha value is -3.15. The van der Waals surface area contributed by atoms with Gasteiger partial charge in [0.1, 0.15) is 11.6 Å². The van der Waals surface area contributed by atoms with E-state index in [-0.39, 0.29) is 11.1 Å². The molecule has 0 aliphatic heterocycles. The maximum atomic E-state index is 12.1. The first-order valence-corrected chi connectivity index (χ1v) is 7.55. The number of ether oxygens (including phenoxy) is 1. The molecule has 0 atom stereocenters. The van der Waals surface area contributed by atoms with E-state index in [0.29, 0.717) is 29.8 Å². The number of aromatic carboxylic acids is 1. The second-order valence-electron chi connectivity index (χ2n) is 5.30. The van der Waals surface area contributed by atoms with Crippen LogP contribution in [0.2, 0.25) is 0 Å². The zero-order valence-corrected chi connectivity index (χ0v) is 13.1. The van der Waals surface area contributed by atoms with E-state index >= 15 is 0 Å². The summed E-state index contributed by atoms with van der Waals surface area (Å²) in [5, 5.41) is 9.43. The number of nitrogens with zero attached hydrogens (tertiary/aromatic N) is 1. The summed E-state index contributed by atoms with van der Waals surface area (Å²) in [7, 11) is 0. The Kier molecular flexibility index (Phi) is 4.29. The molecule has 6 heteroatoms. The second kappa shape index (κ2) is 6.54. The van der Waals surface area contributed by atoms with Gasteiger partial charge in [-0.1, -0.05) is 12.1 Å². The molecule has 0 bridgehead atoms. The molecule has 2 aromatic carbocycles. The molecular weight excluding hydrogens is 308 g/mol. The molecule has 0 unspecified atom stereocenters. The van der Waals surface area contributed by atoms with Crippen molar-refractivity contribution in [1.29, 1.82) is 0 Å². The lowest BCUT2D eigenvalue weighted by atomic mass is 10.1. The fraction of sp³-hybridized carbons (Fsp3) is 0.167. The van der Waals surface area contributed by atoms with Crippen molar-refractivity contribution < 1.29 is 14.6 Å². The van der Waals surface area contributed by atoms with Crippen LogP contribution in [0.15, 0.2) is 47.3 Å². The third-order valence-electron chi connectivity index (χ3n) is 3.61. The average Bonchev–Trinajstić information content (AvgIpc) is 2.56. The van der Waals surface area contributed by atoms with Crippen molar-refractivity contribution in [1.82, 2.24) is 9.97 Å². The SMILES string of the molecule is CCOc1ccc(Cc2nc3cc(C(=O)O)ccc3c(=O)[nH]2)cc1. The molecule has 24 heavy (non-hydrogen) atoms. The zero-order valence-electron chi connectivity index (χ0n) is 13.1. The number of rotatable bonds is 5. The highest BCUT2D eigenvalue weighted by Gasteiger charge is 2.09. The first kappa shape index (κ1) is 15.7. The van der Waals surface area contributed by atoms with Crippen LogP contribution in [0, 0.1) is 0 Å². The largest absolute Gasteiger partial charge is 0.494 e. The molecule has 6 nitrogen and oxygen atoms in total. The molecule has 0 radical (unpaired) electrons. The van der Waals surface area contributed by atoms with Crippen molar-refractivity contribution in [2.45, 2.75) is 13.3 Å². The number of fused-ring (bicyclic) bond motifs is 1. The van der Waals surface area contributed by atoms with E-state index in [1.54, 1.807) is 0 Å². The third kappa shape index (κ3) is 3.27. The quantitative estimate of drug-likeness (QED) is 0.752. The van der Waals surface area contributed by atoms with Crippen molar-refractivity contribution in [3.8, 4) is 5.75 Å². The van der Waals surface area contributed by atoms with Crippen molar-refractivity contribution in [2.24, 2.45) is 0 Å². The van der Waals surface area contributed by atoms with Crippen LogP contribution in [-0.2, 0) is 6.42 Å². The van der Waals surface area contributed by atoms with E-state index in [1.807, 2.05) is 31.2 Å². The summed E-state index contributed by atoms with van der Waals surface area (Å²) in [6.45, 7) is 2.52. The van der Waals surface area contributed by atoms with Crippen molar-refractivity contribution in [2.75, 3.05) is 6.61 Å². The van der Waals surface area contributed by atoms with Crippen LogP contribution in [0.4, 0.5) is 0 Å². The first-order valence-electron chi connectivity index (χ1n) is 7.55. The summed E-state index contributed by atoms with van der Waals surface area (Å²) in [5.74, 6) is 0.221. The van der Waals surface area contributed by atoms with Crippen LogP contribution in [0.3, 0.4) is 0 Å². The molecule has 0 saturated heterocycles. The Labute approximate surface area is 137 Å². The maximum Gasteiger partial charge on any atom is 0.335 e. The predicted octanol–water partition coefficient (Wildman–Crippen LogP) is 2.61. The van der Waals surface area contributed by atoms with Gasteiger partial charge in [0.25, 0.3) is 5.56 Å². The smallest absolute Gasteiger partial charge is 0.335 e. The Morgan fingerprint density at radius 2 is 1.96 bits per heavy atom. The molecule has 1 aromatic heterocycles. The summed E-state index contributed by atoms with van der Waals surface area (Å²) in [6, 6.07) is 11.8. The normalized spacial score (nSPS) is 10.7. The van der Waals surface area contributed by atoms with Crippen LogP contribution in [0.25, 0.3) is 10.9 Å². The zero-order chi connectivity index (χ0) is 17.1. The van der Waals surface area contributed by atoms with E-state index in [1.165, 1.54) is 18.2 Å². The minimum Gasteiger partial charge on any atom is -0.494 e. The van der Waals surface area contributed by atoms with Gasteiger partial charge in [-0.15, -0.1) is 0 Å². The molecule has 3 aromatic rings. The summed E-state index contributed by atoms with van der Waals surface area (Å²) >= 11 is 0. The standard InChI is InChI=1S/C18H16N2O4/c1-2-24-13-6-3-11(4-7-13)9-16-19-15-10-12(18(22)23)5-8-14(15)17(21)20-16/h3-8,10H,2,9H2,1H3,(H,22,23)(H,19,20,21). The number of carboxylic acid groups (broad SMARTS) is 1. The van der Waals surface area contributed by atoms with Crippen LogP contribution in [0.1, 0.15) is 28.7 Å². The molecule has 0 aliphatic carbocycles. The van der Waals surface area contributed by atoms with E-state index in [2.05, 4.69) is 9.97 Å². The molecule has 0 saturated carbocycles. The molecule has 3 rings (SSSR count). The summed E-state index contributed by atoms with van der Waals surface area (Å²) in [6.07, 6.45) is 0.439. The van der Waals surface area contributed by atoms with Gasteiger partial charge in [0.2, 0.25) is 0 Å². The van der Waals surface area contributed by atoms with Crippen LogP contribution >= 0.6 is 0 Å². The van der Waals surface area contributed by atoms with Gasteiger partial charge in [0.15, 0.2) is 0 Å². The number of hydrogen-bond donors (Lipinski definition) is 2. The molecule has 0 spiro atoms. The maximum absolute atomic E-state index is 12.1.